The van der Waals surface area contributed by atoms with Crippen molar-refractivity contribution in [3.63, 3.8) is 0 Å². The molecule has 19 heavy (non-hydrogen) atoms. The van der Waals surface area contributed by atoms with Crippen LogP contribution in [-0.2, 0) is 0 Å². The molecule has 0 bridgehead atoms. The molecule has 0 amide bonds. The Labute approximate surface area is 128 Å². The molecule has 2 aromatic carbocycles. The molecule has 0 heterocycles. The largest absolute Gasteiger partial charge is 0.384 e. The molecule has 0 aliphatic carbocycles. The van der Waals surface area contributed by atoms with Gasteiger partial charge in [0.2, 0.25) is 0 Å². The van der Waals surface area contributed by atoms with Crippen molar-refractivity contribution < 1.29 is 9.50 Å². The van der Waals surface area contributed by atoms with Crippen molar-refractivity contribution in [1.82, 2.24) is 0 Å². The van der Waals surface area contributed by atoms with Gasteiger partial charge in [-0.2, -0.15) is 0 Å². The molecule has 2 rings (SSSR count). The van der Waals surface area contributed by atoms with Crippen molar-refractivity contribution in [2.24, 2.45) is 0 Å². The molecule has 1 N–H and O–H groups in total. The summed E-state index contributed by atoms with van der Waals surface area (Å²) in [4.78, 5) is 0. The average molecular weight is 388 g/mol. The van der Waals surface area contributed by atoms with Crippen molar-refractivity contribution in [3.8, 4) is 0 Å². The van der Waals surface area contributed by atoms with Gasteiger partial charge in [0.25, 0.3) is 0 Å². The molecule has 1 unspecified atom stereocenters. The molecular weight excluding hydrogens is 375 g/mol. The number of rotatable bonds is 2. The summed E-state index contributed by atoms with van der Waals surface area (Å²) in [6.07, 6.45) is -0.777. The van der Waals surface area contributed by atoms with E-state index in [1.807, 2.05) is 18.2 Å². The minimum Gasteiger partial charge on any atom is -0.384 e. The number of halogens is 3. The van der Waals surface area contributed by atoms with Gasteiger partial charge in [0.05, 0.1) is 0 Å². The zero-order chi connectivity index (χ0) is 14.2. The number of aliphatic hydroxyl groups is 1. The highest BCUT2D eigenvalue weighted by Gasteiger charge is 2.16. The lowest BCUT2D eigenvalue weighted by Crippen LogP contribution is -2.03. The third kappa shape index (κ3) is 3.07. The molecule has 1 nitrogen and oxygen atoms in total. The van der Waals surface area contributed by atoms with E-state index in [2.05, 4.69) is 31.9 Å². The lowest BCUT2D eigenvalue weighted by Gasteiger charge is -2.15. The molecular formula is C15H13Br2FO. The normalized spacial score (nSPS) is 12.5. The summed E-state index contributed by atoms with van der Waals surface area (Å²) in [7, 11) is 0. The van der Waals surface area contributed by atoms with Crippen LogP contribution in [0.2, 0.25) is 0 Å². The van der Waals surface area contributed by atoms with Crippen molar-refractivity contribution in [3.05, 3.63) is 67.3 Å². The van der Waals surface area contributed by atoms with Gasteiger partial charge in [0, 0.05) is 8.95 Å². The average Bonchev–Trinajstić information content (AvgIpc) is 2.34. The van der Waals surface area contributed by atoms with E-state index in [1.54, 1.807) is 26.0 Å². The van der Waals surface area contributed by atoms with Crippen molar-refractivity contribution in [1.29, 1.82) is 0 Å². The fraction of sp³-hybridized carbons (Fsp3) is 0.200. The van der Waals surface area contributed by atoms with E-state index in [4.69, 9.17) is 0 Å². The van der Waals surface area contributed by atoms with Gasteiger partial charge in [-0.25, -0.2) is 4.39 Å². The Morgan fingerprint density at radius 3 is 2.16 bits per heavy atom. The first-order chi connectivity index (χ1) is 8.90. The molecule has 100 valence electrons. The van der Waals surface area contributed by atoms with Crippen LogP contribution in [0, 0.1) is 19.7 Å². The second-order valence-corrected chi connectivity index (χ2v) is 6.31. The zero-order valence-electron chi connectivity index (χ0n) is 10.5. The van der Waals surface area contributed by atoms with Gasteiger partial charge in [-0.3, -0.25) is 0 Å². The summed E-state index contributed by atoms with van der Waals surface area (Å²) in [5.41, 5.74) is 2.54. The third-order valence-corrected chi connectivity index (χ3v) is 4.21. The first kappa shape index (κ1) is 14.7. The topological polar surface area (TPSA) is 20.2 Å². The summed E-state index contributed by atoms with van der Waals surface area (Å²) < 4.78 is 15.4. The highest BCUT2D eigenvalue weighted by atomic mass is 79.9. The lowest BCUT2D eigenvalue weighted by atomic mass is 9.97. The maximum Gasteiger partial charge on any atom is 0.129 e. The first-order valence-corrected chi connectivity index (χ1v) is 7.38. The molecule has 4 heteroatoms. The first-order valence-electron chi connectivity index (χ1n) is 5.80. The summed E-state index contributed by atoms with van der Waals surface area (Å²) in [5.74, 6) is -0.217. The van der Waals surface area contributed by atoms with Gasteiger partial charge in [-0.1, -0.05) is 50.1 Å². The van der Waals surface area contributed by atoms with E-state index >= 15 is 0 Å². The van der Waals surface area contributed by atoms with E-state index in [0.29, 0.717) is 16.7 Å². The molecule has 0 saturated carbocycles. The highest BCUT2D eigenvalue weighted by molar-refractivity contribution is 9.11. The summed E-state index contributed by atoms with van der Waals surface area (Å²) in [6, 6.07) is 8.95. The van der Waals surface area contributed by atoms with Crippen LogP contribution in [0.5, 0.6) is 0 Å². The van der Waals surface area contributed by atoms with Gasteiger partial charge in [-0.15, -0.1) is 0 Å². The van der Waals surface area contributed by atoms with Crippen LogP contribution < -0.4 is 0 Å². The fourth-order valence-electron chi connectivity index (χ4n) is 2.04. The Morgan fingerprint density at radius 1 is 1.05 bits per heavy atom. The molecule has 0 aromatic heterocycles. The molecule has 1 atom stereocenters. The minimum atomic E-state index is -0.777. The summed E-state index contributed by atoms with van der Waals surface area (Å²) in [6.45, 7) is 3.41. The van der Waals surface area contributed by atoms with Gasteiger partial charge >= 0.3 is 0 Å². The van der Waals surface area contributed by atoms with Crippen LogP contribution in [0.3, 0.4) is 0 Å². The smallest absolute Gasteiger partial charge is 0.129 e. The second kappa shape index (κ2) is 5.73. The van der Waals surface area contributed by atoms with E-state index in [-0.39, 0.29) is 5.82 Å². The van der Waals surface area contributed by atoms with Crippen LogP contribution in [0.1, 0.15) is 28.4 Å². The maximum atomic E-state index is 13.6. The van der Waals surface area contributed by atoms with Crippen LogP contribution in [0.25, 0.3) is 0 Å². The van der Waals surface area contributed by atoms with Gasteiger partial charge in [0.15, 0.2) is 0 Å². The SMILES string of the molecule is Cc1cc(C(O)c2ccc(Br)cc2Br)cc(C)c1F. The summed E-state index contributed by atoms with van der Waals surface area (Å²) in [5, 5.41) is 10.4. The molecule has 0 fully saturated rings. The summed E-state index contributed by atoms with van der Waals surface area (Å²) >= 11 is 6.81. The van der Waals surface area contributed by atoms with Crippen LogP contribution in [0.15, 0.2) is 39.3 Å². The number of hydrogen-bond acceptors (Lipinski definition) is 1. The lowest BCUT2D eigenvalue weighted by molar-refractivity contribution is 0.219. The maximum absolute atomic E-state index is 13.6. The molecule has 0 aliphatic rings. The molecule has 0 aliphatic heterocycles. The predicted molar refractivity (Wildman–Crippen MR) is 81.8 cm³/mol. The number of hydrogen-bond donors (Lipinski definition) is 1. The Balaban J connectivity index is 2.47. The second-order valence-electron chi connectivity index (χ2n) is 4.54. The van der Waals surface area contributed by atoms with E-state index < -0.39 is 6.10 Å². The highest BCUT2D eigenvalue weighted by Crippen LogP contribution is 2.32. The molecule has 0 saturated heterocycles. The quantitative estimate of drug-likeness (QED) is 0.764. The van der Waals surface area contributed by atoms with Crippen LogP contribution in [-0.4, -0.2) is 5.11 Å². The Bertz CT molecular complexity index is 603. The zero-order valence-corrected chi connectivity index (χ0v) is 13.7. The number of aryl methyl sites for hydroxylation is 2. The molecule has 0 radical (unpaired) electrons. The van der Waals surface area contributed by atoms with Crippen LogP contribution >= 0.6 is 31.9 Å². The Kier molecular flexibility index (Phi) is 4.43. The predicted octanol–water partition coefficient (Wildman–Crippen LogP) is 5.05. The van der Waals surface area contributed by atoms with Gasteiger partial charge in [0.1, 0.15) is 11.9 Å². The Hall–Kier alpha value is -0.710. The number of benzene rings is 2. The van der Waals surface area contributed by atoms with Crippen molar-refractivity contribution >= 4 is 31.9 Å². The van der Waals surface area contributed by atoms with E-state index in [9.17, 15) is 9.50 Å². The number of aliphatic hydroxyl groups excluding tert-OH is 1. The van der Waals surface area contributed by atoms with Crippen molar-refractivity contribution in [2.75, 3.05) is 0 Å². The standard InChI is InChI=1S/C15H13Br2FO/c1-8-5-10(6-9(2)14(8)18)15(19)12-4-3-11(16)7-13(12)17/h3-7,15,19H,1-2H3. The van der Waals surface area contributed by atoms with Crippen LogP contribution in [0.4, 0.5) is 4.39 Å². The molecule has 2 aromatic rings. The van der Waals surface area contributed by atoms with Gasteiger partial charge < -0.3 is 5.11 Å². The van der Waals surface area contributed by atoms with E-state index in [1.165, 1.54) is 0 Å². The van der Waals surface area contributed by atoms with Gasteiger partial charge in [-0.05, 0) is 48.2 Å². The minimum absolute atomic E-state index is 0.217. The third-order valence-electron chi connectivity index (χ3n) is 3.03. The molecule has 0 spiro atoms. The fourth-order valence-corrected chi connectivity index (χ4v) is 3.30. The van der Waals surface area contributed by atoms with Crippen molar-refractivity contribution in [2.45, 2.75) is 20.0 Å². The van der Waals surface area contributed by atoms with E-state index in [0.717, 1.165) is 14.5 Å². The monoisotopic (exact) mass is 386 g/mol. The Morgan fingerprint density at radius 2 is 1.63 bits per heavy atom.